The van der Waals surface area contributed by atoms with Crippen LogP contribution >= 0.6 is 0 Å². The third-order valence-corrected chi connectivity index (χ3v) is 9.03. The highest BCUT2D eigenvalue weighted by Gasteiger charge is 2.57. The first-order valence-corrected chi connectivity index (χ1v) is 10.6. The van der Waals surface area contributed by atoms with Crippen LogP contribution in [0.5, 0.6) is 0 Å². The van der Waals surface area contributed by atoms with E-state index in [1.54, 1.807) is 0 Å². The van der Waals surface area contributed by atoms with Crippen LogP contribution < -0.4 is 0 Å². The highest BCUT2D eigenvalue weighted by Crippen LogP contribution is 2.65. The molecule has 134 valence electrons. The molecule has 3 rings (SSSR count). The number of hydrogen-bond acceptors (Lipinski definition) is 1. The van der Waals surface area contributed by atoms with E-state index >= 15 is 0 Å². The van der Waals surface area contributed by atoms with Crippen LogP contribution in [0.25, 0.3) is 0 Å². The second kappa shape index (κ2) is 6.70. The van der Waals surface area contributed by atoms with Crippen molar-refractivity contribution in [2.45, 2.75) is 91.9 Å². The third kappa shape index (κ3) is 2.79. The smallest absolute Gasteiger partial charge is 0.0433 e. The SMILES string of the molecule is CCCC1C2CCC3(C)C(CCO)CCC3C2CCC1(C)CC. The Kier molecular flexibility index (Phi) is 5.17. The molecular weight excluding hydrogens is 280 g/mol. The van der Waals surface area contributed by atoms with E-state index in [0.717, 1.165) is 36.0 Å². The van der Waals surface area contributed by atoms with Gasteiger partial charge < -0.3 is 5.11 Å². The van der Waals surface area contributed by atoms with Crippen LogP contribution in [-0.4, -0.2) is 11.7 Å². The molecule has 0 aromatic heterocycles. The molecule has 3 aliphatic rings. The van der Waals surface area contributed by atoms with Gasteiger partial charge in [-0.05, 0) is 91.8 Å². The Morgan fingerprint density at radius 3 is 2.30 bits per heavy atom. The molecule has 23 heavy (non-hydrogen) atoms. The molecule has 0 amide bonds. The summed E-state index contributed by atoms with van der Waals surface area (Å²) in [6.07, 6.45) is 13.9. The average molecular weight is 321 g/mol. The normalized spacial score (nSPS) is 49.7. The molecule has 7 unspecified atom stereocenters. The molecule has 3 saturated carbocycles. The summed E-state index contributed by atoms with van der Waals surface area (Å²) < 4.78 is 0. The van der Waals surface area contributed by atoms with Crippen molar-refractivity contribution >= 4 is 0 Å². The molecule has 0 aromatic carbocycles. The van der Waals surface area contributed by atoms with Crippen LogP contribution in [0.4, 0.5) is 0 Å². The molecule has 1 N–H and O–H groups in total. The Balaban J connectivity index is 1.82. The summed E-state index contributed by atoms with van der Waals surface area (Å²) >= 11 is 0. The summed E-state index contributed by atoms with van der Waals surface area (Å²) in [5.41, 5.74) is 1.15. The van der Waals surface area contributed by atoms with Crippen LogP contribution in [0.3, 0.4) is 0 Å². The van der Waals surface area contributed by atoms with Crippen molar-refractivity contribution < 1.29 is 5.11 Å². The van der Waals surface area contributed by atoms with Crippen LogP contribution in [0.2, 0.25) is 0 Å². The van der Waals surface area contributed by atoms with Gasteiger partial charge in [-0.25, -0.2) is 0 Å². The fraction of sp³-hybridized carbons (Fsp3) is 1.00. The molecule has 0 aromatic rings. The first-order chi connectivity index (χ1) is 11.0. The maximum Gasteiger partial charge on any atom is 0.0433 e. The fourth-order valence-electron chi connectivity index (χ4n) is 7.48. The van der Waals surface area contributed by atoms with Gasteiger partial charge in [-0.2, -0.15) is 0 Å². The molecule has 3 fully saturated rings. The quantitative estimate of drug-likeness (QED) is 0.653. The minimum atomic E-state index is 0.396. The lowest BCUT2D eigenvalue weighted by Crippen LogP contribution is -2.50. The molecule has 3 aliphatic carbocycles. The topological polar surface area (TPSA) is 20.2 Å². The standard InChI is InChI=1S/C22H40O/c1-5-7-19-17-11-14-22(4)16(12-15-23)8-9-20(22)18(17)10-13-21(19,3)6-2/h16-20,23H,5-15H2,1-4H3. The van der Waals surface area contributed by atoms with E-state index in [0.29, 0.717) is 17.4 Å². The van der Waals surface area contributed by atoms with Crippen molar-refractivity contribution in [3.8, 4) is 0 Å². The number of aliphatic hydroxyl groups excluding tert-OH is 1. The van der Waals surface area contributed by atoms with Gasteiger partial charge in [-0.1, -0.05) is 40.5 Å². The van der Waals surface area contributed by atoms with E-state index in [1.165, 1.54) is 57.8 Å². The van der Waals surface area contributed by atoms with Gasteiger partial charge in [0.15, 0.2) is 0 Å². The zero-order valence-corrected chi connectivity index (χ0v) is 16.1. The monoisotopic (exact) mass is 320 g/mol. The van der Waals surface area contributed by atoms with E-state index in [1.807, 2.05) is 0 Å². The average Bonchev–Trinajstić information content (AvgIpc) is 2.88. The van der Waals surface area contributed by atoms with Gasteiger partial charge in [0, 0.05) is 6.61 Å². The Morgan fingerprint density at radius 2 is 1.65 bits per heavy atom. The summed E-state index contributed by atoms with van der Waals surface area (Å²) in [6.45, 7) is 10.4. The summed E-state index contributed by atoms with van der Waals surface area (Å²) in [4.78, 5) is 0. The van der Waals surface area contributed by atoms with Gasteiger partial charge in [-0.3, -0.25) is 0 Å². The molecular formula is C22H40O. The van der Waals surface area contributed by atoms with E-state index in [9.17, 15) is 5.11 Å². The van der Waals surface area contributed by atoms with Crippen molar-refractivity contribution in [3.05, 3.63) is 0 Å². The zero-order chi connectivity index (χ0) is 16.7. The Labute approximate surface area is 144 Å². The first kappa shape index (κ1) is 17.8. The first-order valence-electron chi connectivity index (χ1n) is 10.6. The minimum Gasteiger partial charge on any atom is -0.396 e. The lowest BCUT2D eigenvalue weighted by Gasteiger charge is -2.58. The number of aliphatic hydroxyl groups is 1. The van der Waals surface area contributed by atoms with Gasteiger partial charge in [0.25, 0.3) is 0 Å². The van der Waals surface area contributed by atoms with Crippen LogP contribution in [-0.2, 0) is 0 Å². The third-order valence-electron chi connectivity index (χ3n) is 9.03. The van der Waals surface area contributed by atoms with Crippen molar-refractivity contribution in [1.29, 1.82) is 0 Å². The van der Waals surface area contributed by atoms with E-state index in [-0.39, 0.29) is 0 Å². The second-order valence-electron chi connectivity index (χ2n) is 9.71. The van der Waals surface area contributed by atoms with Crippen LogP contribution in [0, 0.1) is 40.4 Å². The molecule has 0 spiro atoms. The largest absolute Gasteiger partial charge is 0.396 e. The zero-order valence-electron chi connectivity index (χ0n) is 16.1. The van der Waals surface area contributed by atoms with Gasteiger partial charge in [0.05, 0.1) is 0 Å². The van der Waals surface area contributed by atoms with Gasteiger partial charge >= 0.3 is 0 Å². The fourth-order valence-corrected chi connectivity index (χ4v) is 7.48. The summed E-state index contributed by atoms with van der Waals surface area (Å²) in [7, 11) is 0. The molecule has 0 saturated heterocycles. The highest BCUT2D eigenvalue weighted by molar-refractivity contribution is 5.06. The molecule has 1 heteroatoms. The minimum absolute atomic E-state index is 0.396. The molecule has 0 radical (unpaired) electrons. The van der Waals surface area contributed by atoms with E-state index in [2.05, 4.69) is 27.7 Å². The number of hydrogen-bond donors (Lipinski definition) is 1. The second-order valence-corrected chi connectivity index (χ2v) is 9.71. The number of fused-ring (bicyclic) bond motifs is 3. The van der Waals surface area contributed by atoms with Crippen molar-refractivity contribution in [1.82, 2.24) is 0 Å². The predicted octanol–water partition coefficient (Wildman–Crippen LogP) is 6.05. The predicted molar refractivity (Wildman–Crippen MR) is 98.3 cm³/mol. The van der Waals surface area contributed by atoms with Crippen LogP contribution in [0.15, 0.2) is 0 Å². The summed E-state index contributed by atoms with van der Waals surface area (Å²) in [5, 5.41) is 9.48. The van der Waals surface area contributed by atoms with Gasteiger partial charge in [0.1, 0.15) is 0 Å². The maximum atomic E-state index is 9.48. The Bertz CT molecular complexity index is 405. The van der Waals surface area contributed by atoms with Crippen molar-refractivity contribution in [2.24, 2.45) is 40.4 Å². The summed E-state index contributed by atoms with van der Waals surface area (Å²) in [5.74, 6) is 4.71. The van der Waals surface area contributed by atoms with E-state index < -0.39 is 0 Å². The van der Waals surface area contributed by atoms with Gasteiger partial charge in [0.2, 0.25) is 0 Å². The number of rotatable bonds is 5. The highest BCUT2D eigenvalue weighted by atomic mass is 16.3. The molecule has 0 aliphatic heterocycles. The Hall–Kier alpha value is -0.0400. The molecule has 1 nitrogen and oxygen atoms in total. The molecule has 0 bridgehead atoms. The lowest BCUT2D eigenvalue weighted by molar-refractivity contribution is -0.0857. The molecule has 0 heterocycles. The van der Waals surface area contributed by atoms with E-state index in [4.69, 9.17) is 0 Å². The van der Waals surface area contributed by atoms with Crippen molar-refractivity contribution in [2.75, 3.05) is 6.61 Å². The summed E-state index contributed by atoms with van der Waals surface area (Å²) in [6, 6.07) is 0. The maximum absolute atomic E-state index is 9.48. The van der Waals surface area contributed by atoms with Crippen molar-refractivity contribution in [3.63, 3.8) is 0 Å². The van der Waals surface area contributed by atoms with Gasteiger partial charge in [-0.15, -0.1) is 0 Å². The van der Waals surface area contributed by atoms with Crippen LogP contribution in [0.1, 0.15) is 91.9 Å². The molecule has 7 atom stereocenters. The Morgan fingerprint density at radius 1 is 0.913 bits per heavy atom. The lowest BCUT2D eigenvalue weighted by atomic mass is 9.47.